The maximum Gasteiger partial charge on any atom is 0.253 e. The Bertz CT molecular complexity index is 594. The largest absolute Gasteiger partial charge is 0.339 e. The summed E-state index contributed by atoms with van der Waals surface area (Å²) in [5, 5.41) is 0. The van der Waals surface area contributed by atoms with Crippen LogP contribution >= 0.6 is 11.3 Å². The molecule has 2 nitrogen and oxygen atoms in total. The minimum atomic E-state index is 0.175. The molecule has 1 aromatic heterocycles. The lowest BCUT2D eigenvalue weighted by Crippen LogP contribution is -2.27. The number of benzene rings is 1. The van der Waals surface area contributed by atoms with Crippen LogP contribution in [0.1, 0.15) is 35.0 Å². The fourth-order valence-electron chi connectivity index (χ4n) is 2.60. The fourth-order valence-corrected chi connectivity index (χ4v) is 3.56. The Morgan fingerprint density at radius 2 is 1.80 bits per heavy atom. The Hall–Kier alpha value is -1.61. The van der Waals surface area contributed by atoms with Crippen molar-refractivity contribution in [3.05, 3.63) is 46.8 Å². The first-order chi connectivity index (χ1) is 9.78. The standard InChI is InChI=1S/C17H19NOS/c1-2-15-9-10-16(20-15)13-5-7-14(8-6-13)17(19)18-11-3-4-12-18/h5-10H,2-4,11-12H2,1H3. The molecule has 0 bridgehead atoms. The number of hydrogen-bond acceptors (Lipinski definition) is 2. The van der Waals surface area contributed by atoms with Crippen LogP contribution in [-0.4, -0.2) is 23.9 Å². The second-order valence-electron chi connectivity index (χ2n) is 5.20. The molecule has 1 saturated heterocycles. The zero-order valence-corrected chi connectivity index (χ0v) is 12.6. The van der Waals surface area contributed by atoms with E-state index in [1.54, 1.807) is 0 Å². The highest BCUT2D eigenvalue weighted by Crippen LogP contribution is 2.28. The van der Waals surface area contributed by atoms with Gasteiger partial charge in [-0.3, -0.25) is 4.79 Å². The fraction of sp³-hybridized carbons (Fsp3) is 0.353. The van der Waals surface area contributed by atoms with Gasteiger partial charge in [0.15, 0.2) is 0 Å². The van der Waals surface area contributed by atoms with E-state index in [1.807, 2.05) is 28.4 Å². The van der Waals surface area contributed by atoms with Crippen LogP contribution in [0.2, 0.25) is 0 Å². The molecule has 1 amide bonds. The summed E-state index contributed by atoms with van der Waals surface area (Å²) in [6, 6.07) is 12.4. The average Bonchev–Trinajstić information content (AvgIpc) is 3.18. The number of aryl methyl sites for hydroxylation is 1. The van der Waals surface area contributed by atoms with E-state index < -0.39 is 0 Å². The maximum atomic E-state index is 12.3. The Balaban J connectivity index is 1.78. The van der Waals surface area contributed by atoms with Crippen molar-refractivity contribution in [1.29, 1.82) is 0 Å². The van der Waals surface area contributed by atoms with E-state index in [1.165, 1.54) is 15.3 Å². The quantitative estimate of drug-likeness (QED) is 0.827. The number of thiophene rings is 1. The second kappa shape index (κ2) is 5.80. The highest BCUT2D eigenvalue weighted by molar-refractivity contribution is 7.15. The number of carbonyl (C=O) groups excluding carboxylic acids is 1. The molecule has 1 fully saturated rings. The minimum Gasteiger partial charge on any atom is -0.339 e. The predicted octanol–water partition coefficient (Wildman–Crippen LogP) is 4.21. The molecular weight excluding hydrogens is 266 g/mol. The van der Waals surface area contributed by atoms with Gasteiger partial charge in [0.25, 0.3) is 5.91 Å². The van der Waals surface area contributed by atoms with E-state index in [-0.39, 0.29) is 5.91 Å². The molecule has 0 aliphatic carbocycles. The van der Waals surface area contributed by atoms with Crippen molar-refractivity contribution < 1.29 is 4.79 Å². The van der Waals surface area contributed by atoms with Crippen LogP contribution in [0.15, 0.2) is 36.4 Å². The van der Waals surface area contributed by atoms with Crippen molar-refractivity contribution in [3.8, 4) is 10.4 Å². The SMILES string of the molecule is CCc1ccc(-c2ccc(C(=O)N3CCCC3)cc2)s1. The molecule has 0 N–H and O–H groups in total. The molecule has 1 aliphatic rings. The molecule has 2 aromatic rings. The number of carbonyl (C=O) groups is 1. The van der Waals surface area contributed by atoms with E-state index in [4.69, 9.17) is 0 Å². The smallest absolute Gasteiger partial charge is 0.253 e. The van der Waals surface area contributed by atoms with Crippen molar-refractivity contribution in [3.63, 3.8) is 0 Å². The van der Waals surface area contributed by atoms with Gasteiger partial charge < -0.3 is 4.90 Å². The molecule has 0 atom stereocenters. The molecule has 1 aromatic carbocycles. The van der Waals surface area contributed by atoms with Gasteiger partial charge in [-0.15, -0.1) is 11.3 Å². The maximum absolute atomic E-state index is 12.3. The van der Waals surface area contributed by atoms with Crippen molar-refractivity contribution in [2.24, 2.45) is 0 Å². The highest BCUT2D eigenvalue weighted by Gasteiger charge is 2.19. The summed E-state index contributed by atoms with van der Waals surface area (Å²) in [4.78, 5) is 16.9. The Morgan fingerprint density at radius 3 is 2.40 bits per heavy atom. The van der Waals surface area contributed by atoms with E-state index in [2.05, 4.69) is 31.2 Å². The van der Waals surface area contributed by atoms with Gasteiger partial charge >= 0.3 is 0 Å². The summed E-state index contributed by atoms with van der Waals surface area (Å²) in [5.74, 6) is 0.175. The van der Waals surface area contributed by atoms with E-state index in [0.29, 0.717) is 0 Å². The van der Waals surface area contributed by atoms with Crippen LogP contribution in [0, 0.1) is 0 Å². The third-order valence-corrected chi connectivity index (χ3v) is 5.10. The molecule has 20 heavy (non-hydrogen) atoms. The number of rotatable bonds is 3. The third-order valence-electron chi connectivity index (χ3n) is 3.82. The zero-order chi connectivity index (χ0) is 13.9. The van der Waals surface area contributed by atoms with Gasteiger partial charge in [-0.1, -0.05) is 19.1 Å². The lowest BCUT2D eigenvalue weighted by Gasteiger charge is -2.15. The topological polar surface area (TPSA) is 20.3 Å². The molecule has 1 aliphatic heterocycles. The molecule has 3 heteroatoms. The second-order valence-corrected chi connectivity index (χ2v) is 6.36. The first-order valence-electron chi connectivity index (χ1n) is 7.26. The molecule has 0 spiro atoms. The Kier molecular flexibility index (Phi) is 3.88. The lowest BCUT2D eigenvalue weighted by atomic mass is 10.1. The van der Waals surface area contributed by atoms with Gasteiger partial charge in [-0.25, -0.2) is 0 Å². The van der Waals surface area contributed by atoms with E-state index in [0.717, 1.165) is 37.9 Å². The molecule has 3 rings (SSSR count). The number of nitrogens with zero attached hydrogens (tertiary/aromatic N) is 1. The van der Waals surface area contributed by atoms with Crippen LogP contribution in [0.3, 0.4) is 0 Å². The van der Waals surface area contributed by atoms with Crippen molar-refractivity contribution >= 4 is 17.2 Å². The van der Waals surface area contributed by atoms with Crippen LogP contribution in [0.5, 0.6) is 0 Å². The average molecular weight is 285 g/mol. The van der Waals surface area contributed by atoms with Gasteiger partial charge in [0.05, 0.1) is 0 Å². The normalized spacial score (nSPS) is 14.8. The number of likely N-dealkylation sites (tertiary alicyclic amines) is 1. The van der Waals surface area contributed by atoms with Crippen molar-refractivity contribution in [1.82, 2.24) is 4.90 Å². The van der Waals surface area contributed by atoms with Gasteiger partial charge in [0, 0.05) is 28.4 Å². The Morgan fingerprint density at radius 1 is 1.10 bits per heavy atom. The minimum absolute atomic E-state index is 0.175. The first kappa shape index (κ1) is 13.4. The van der Waals surface area contributed by atoms with Crippen LogP contribution in [0.4, 0.5) is 0 Å². The molecule has 0 unspecified atom stereocenters. The predicted molar refractivity (Wildman–Crippen MR) is 84.3 cm³/mol. The Labute approximate surface area is 124 Å². The van der Waals surface area contributed by atoms with Gasteiger partial charge in [-0.05, 0) is 49.1 Å². The van der Waals surface area contributed by atoms with E-state index in [9.17, 15) is 4.79 Å². The summed E-state index contributed by atoms with van der Waals surface area (Å²) >= 11 is 1.83. The molecule has 2 heterocycles. The van der Waals surface area contributed by atoms with Gasteiger partial charge in [-0.2, -0.15) is 0 Å². The van der Waals surface area contributed by atoms with Crippen molar-refractivity contribution in [2.75, 3.05) is 13.1 Å². The first-order valence-corrected chi connectivity index (χ1v) is 8.08. The summed E-state index contributed by atoms with van der Waals surface area (Å²) in [7, 11) is 0. The van der Waals surface area contributed by atoms with Crippen LogP contribution < -0.4 is 0 Å². The van der Waals surface area contributed by atoms with Gasteiger partial charge in [0.1, 0.15) is 0 Å². The summed E-state index contributed by atoms with van der Waals surface area (Å²) in [6.45, 7) is 3.99. The highest BCUT2D eigenvalue weighted by atomic mass is 32.1. The molecule has 104 valence electrons. The summed E-state index contributed by atoms with van der Waals surface area (Å²) in [5.41, 5.74) is 2.01. The summed E-state index contributed by atoms with van der Waals surface area (Å²) < 4.78 is 0. The zero-order valence-electron chi connectivity index (χ0n) is 11.8. The van der Waals surface area contributed by atoms with Gasteiger partial charge in [0.2, 0.25) is 0 Å². The number of amides is 1. The van der Waals surface area contributed by atoms with E-state index >= 15 is 0 Å². The monoisotopic (exact) mass is 285 g/mol. The van der Waals surface area contributed by atoms with Crippen LogP contribution in [0.25, 0.3) is 10.4 Å². The summed E-state index contributed by atoms with van der Waals surface area (Å²) in [6.07, 6.45) is 3.35. The van der Waals surface area contributed by atoms with Crippen molar-refractivity contribution in [2.45, 2.75) is 26.2 Å². The molecular formula is C17H19NOS. The lowest BCUT2D eigenvalue weighted by molar-refractivity contribution is 0.0793. The number of hydrogen-bond donors (Lipinski definition) is 0. The molecule has 0 saturated carbocycles. The third kappa shape index (κ3) is 2.63. The molecule has 0 radical (unpaired) electrons. The van der Waals surface area contributed by atoms with Crippen LogP contribution in [-0.2, 0) is 6.42 Å².